The molecule has 2 rings (SSSR count). The Morgan fingerprint density at radius 2 is 2.23 bits per heavy atom. The molecule has 2 N–H and O–H groups in total. The van der Waals surface area contributed by atoms with Crippen molar-refractivity contribution < 1.29 is 14.6 Å². The number of benzene rings is 1. The molecule has 1 aromatic carbocycles. The number of para-hydroxylation sites is 1. The zero-order valence-corrected chi connectivity index (χ0v) is 13.0. The van der Waals surface area contributed by atoms with E-state index in [1.54, 1.807) is 0 Å². The van der Waals surface area contributed by atoms with Crippen LogP contribution in [0.1, 0.15) is 12.0 Å². The van der Waals surface area contributed by atoms with Gasteiger partial charge in [0, 0.05) is 49.4 Å². The number of aromatic nitrogens is 1. The topological polar surface area (TPSA) is 63.5 Å². The van der Waals surface area contributed by atoms with Gasteiger partial charge in [-0.2, -0.15) is 0 Å². The van der Waals surface area contributed by atoms with Crippen LogP contribution in [-0.4, -0.2) is 41.9 Å². The van der Waals surface area contributed by atoms with Gasteiger partial charge >= 0.3 is 0 Å². The van der Waals surface area contributed by atoms with Crippen LogP contribution in [0.2, 0.25) is 0 Å². The van der Waals surface area contributed by atoms with E-state index in [-0.39, 0.29) is 12.5 Å². The van der Waals surface area contributed by atoms with Gasteiger partial charge in [-0.15, -0.1) is 0 Å². The second-order valence-electron chi connectivity index (χ2n) is 5.23. The van der Waals surface area contributed by atoms with E-state index in [9.17, 15) is 9.90 Å². The number of amides is 1. The van der Waals surface area contributed by atoms with Gasteiger partial charge in [0.1, 0.15) is 0 Å². The summed E-state index contributed by atoms with van der Waals surface area (Å²) in [5, 5.41) is 13.4. The molecule has 1 heterocycles. The highest BCUT2D eigenvalue weighted by atomic mass is 16.5. The third-order valence-corrected chi connectivity index (χ3v) is 3.48. The fourth-order valence-corrected chi connectivity index (χ4v) is 2.37. The number of aliphatic hydroxyl groups excluding tert-OH is 1. The molecule has 0 spiro atoms. The van der Waals surface area contributed by atoms with Gasteiger partial charge < -0.3 is 19.7 Å². The number of hydrogen-bond donors (Lipinski definition) is 2. The highest BCUT2D eigenvalue weighted by Crippen LogP contribution is 2.21. The quantitative estimate of drug-likeness (QED) is 0.765. The number of carbonyl (C=O) groups excluding carboxylic acids is 1. The number of rotatable bonds is 7. The largest absolute Gasteiger partial charge is 0.391 e. The maximum atomic E-state index is 11.8. The number of ether oxygens (including phenoxy) is 1. The molecular weight excluding hydrogens is 280 g/mol. The van der Waals surface area contributed by atoms with Crippen molar-refractivity contribution in [2.24, 2.45) is 7.05 Å². The molecule has 0 aliphatic rings. The minimum atomic E-state index is -0.549. The SMILES string of the molecule is COCC(O)CCNC(=O)/C=C/c1cn(C)c2ccccc12. The molecule has 5 heteroatoms. The number of hydrogen-bond acceptors (Lipinski definition) is 3. The predicted molar refractivity (Wildman–Crippen MR) is 87.5 cm³/mol. The molecule has 0 aliphatic heterocycles. The molecule has 0 bridgehead atoms. The number of fused-ring (bicyclic) bond motifs is 1. The number of aryl methyl sites for hydroxylation is 1. The number of nitrogens with zero attached hydrogens (tertiary/aromatic N) is 1. The summed E-state index contributed by atoms with van der Waals surface area (Å²) in [6, 6.07) is 8.06. The van der Waals surface area contributed by atoms with Gasteiger partial charge in [-0.05, 0) is 18.6 Å². The van der Waals surface area contributed by atoms with Crippen LogP contribution >= 0.6 is 0 Å². The number of nitrogens with one attached hydrogen (secondary N) is 1. The first kappa shape index (κ1) is 16.3. The normalized spacial score (nSPS) is 12.9. The molecule has 1 atom stereocenters. The van der Waals surface area contributed by atoms with Gasteiger partial charge in [-0.25, -0.2) is 0 Å². The molecule has 118 valence electrons. The summed E-state index contributed by atoms with van der Waals surface area (Å²) in [4.78, 5) is 11.8. The fraction of sp³-hybridized carbons (Fsp3) is 0.353. The first-order valence-corrected chi connectivity index (χ1v) is 7.29. The van der Waals surface area contributed by atoms with Crippen LogP contribution in [0.15, 0.2) is 36.5 Å². The van der Waals surface area contributed by atoms with Gasteiger partial charge in [0.05, 0.1) is 12.7 Å². The van der Waals surface area contributed by atoms with E-state index >= 15 is 0 Å². The average Bonchev–Trinajstić information content (AvgIpc) is 2.82. The fourth-order valence-electron chi connectivity index (χ4n) is 2.37. The van der Waals surface area contributed by atoms with E-state index in [2.05, 4.69) is 5.32 Å². The van der Waals surface area contributed by atoms with Gasteiger partial charge in [-0.3, -0.25) is 4.79 Å². The van der Waals surface area contributed by atoms with Crippen molar-refractivity contribution in [2.45, 2.75) is 12.5 Å². The van der Waals surface area contributed by atoms with Crippen molar-refractivity contribution in [2.75, 3.05) is 20.3 Å². The monoisotopic (exact) mass is 302 g/mol. The number of aliphatic hydroxyl groups is 1. The van der Waals surface area contributed by atoms with Crippen LogP contribution in [0, 0.1) is 0 Å². The lowest BCUT2D eigenvalue weighted by molar-refractivity contribution is -0.116. The Balaban J connectivity index is 1.92. The van der Waals surface area contributed by atoms with Crippen molar-refractivity contribution >= 4 is 22.9 Å². The predicted octanol–water partition coefficient (Wildman–Crippen LogP) is 1.71. The Morgan fingerprint density at radius 1 is 1.45 bits per heavy atom. The van der Waals surface area contributed by atoms with Gasteiger partial charge in [0.25, 0.3) is 0 Å². The van der Waals surface area contributed by atoms with E-state index < -0.39 is 6.10 Å². The molecule has 1 amide bonds. The standard InChI is InChI=1S/C17H22N2O3/c1-19-11-13(15-5-3-4-6-16(15)19)7-8-17(21)18-10-9-14(20)12-22-2/h3-8,11,14,20H,9-10,12H2,1-2H3,(H,18,21)/b8-7+. The summed E-state index contributed by atoms with van der Waals surface area (Å²) in [7, 11) is 3.52. The second kappa shape index (κ2) is 7.77. The summed E-state index contributed by atoms with van der Waals surface area (Å²) < 4.78 is 6.87. The average molecular weight is 302 g/mol. The second-order valence-corrected chi connectivity index (χ2v) is 5.23. The molecule has 1 unspecified atom stereocenters. The van der Waals surface area contributed by atoms with Crippen molar-refractivity contribution in [3.63, 3.8) is 0 Å². The highest BCUT2D eigenvalue weighted by molar-refractivity contribution is 5.96. The molecule has 22 heavy (non-hydrogen) atoms. The van der Waals surface area contributed by atoms with E-state index in [1.165, 1.54) is 13.2 Å². The Morgan fingerprint density at radius 3 is 3.00 bits per heavy atom. The maximum absolute atomic E-state index is 11.8. The van der Waals surface area contributed by atoms with Gasteiger partial charge in [-0.1, -0.05) is 18.2 Å². The summed E-state index contributed by atoms with van der Waals surface area (Å²) in [5.41, 5.74) is 2.14. The summed E-state index contributed by atoms with van der Waals surface area (Å²) in [5.74, 6) is -0.169. The van der Waals surface area contributed by atoms with Gasteiger partial charge in [0.2, 0.25) is 5.91 Å². The molecule has 0 saturated carbocycles. The molecule has 0 radical (unpaired) electrons. The van der Waals surface area contributed by atoms with Crippen LogP contribution in [0.3, 0.4) is 0 Å². The molecule has 0 fully saturated rings. The zero-order valence-electron chi connectivity index (χ0n) is 13.0. The number of carbonyl (C=O) groups is 1. The molecule has 0 aliphatic carbocycles. The van der Waals surface area contributed by atoms with Crippen LogP contribution < -0.4 is 5.32 Å². The lowest BCUT2D eigenvalue weighted by Crippen LogP contribution is -2.27. The Bertz CT molecular complexity index is 661. The highest BCUT2D eigenvalue weighted by Gasteiger charge is 2.05. The van der Waals surface area contributed by atoms with Crippen molar-refractivity contribution in [1.29, 1.82) is 0 Å². The van der Waals surface area contributed by atoms with Crippen molar-refractivity contribution in [1.82, 2.24) is 9.88 Å². The third-order valence-electron chi connectivity index (χ3n) is 3.48. The van der Waals surface area contributed by atoms with Crippen molar-refractivity contribution in [3.8, 4) is 0 Å². The van der Waals surface area contributed by atoms with E-state index in [1.807, 2.05) is 48.2 Å². The minimum absolute atomic E-state index is 0.169. The first-order chi connectivity index (χ1) is 10.6. The van der Waals surface area contributed by atoms with E-state index in [0.717, 1.165) is 16.5 Å². The van der Waals surface area contributed by atoms with E-state index in [4.69, 9.17) is 4.74 Å². The Labute approximate surface area is 130 Å². The van der Waals surface area contributed by atoms with Crippen LogP contribution in [0.5, 0.6) is 0 Å². The lowest BCUT2D eigenvalue weighted by Gasteiger charge is -2.08. The molecule has 1 aromatic heterocycles. The van der Waals surface area contributed by atoms with Gasteiger partial charge in [0.15, 0.2) is 0 Å². The Kier molecular flexibility index (Phi) is 5.75. The van der Waals surface area contributed by atoms with Crippen LogP contribution in [0.4, 0.5) is 0 Å². The van der Waals surface area contributed by atoms with Crippen LogP contribution in [-0.2, 0) is 16.6 Å². The van der Waals surface area contributed by atoms with E-state index in [0.29, 0.717) is 13.0 Å². The zero-order chi connectivity index (χ0) is 15.9. The summed E-state index contributed by atoms with van der Waals surface area (Å²) in [6.07, 6.45) is 5.25. The molecular formula is C17H22N2O3. The lowest BCUT2D eigenvalue weighted by atomic mass is 10.1. The summed E-state index contributed by atoms with van der Waals surface area (Å²) >= 11 is 0. The first-order valence-electron chi connectivity index (χ1n) is 7.29. The molecule has 2 aromatic rings. The third kappa shape index (κ3) is 4.19. The van der Waals surface area contributed by atoms with Crippen LogP contribution in [0.25, 0.3) is 17.0 Å². The minimum Gasteiger partial charge on any atom is -0.391 e. The summed E-state index contributed by atoms with van der Waals surface area (Å²) in [6.45, 7) is 0.699. The maximum Gasteiger partial charge on any atom is 0.244 e. The molecule has 5 nitrogen and oxygen atoms in total. The number of methoxy groups -OCH3 is 1. The van der Waals surface area contributed by atoms with Crippen molar-refractivity contribution in [3.05, 3.63) is 42.1 Å². The Hall–Kier alpha value is -2.11. The smallest absolute Gasteiger partial charge is 0.244 e. The molecule has 0 saturated heterocycles.